The number of hydrogen-bond donors (Lipinski definition) is 2. The number of aromatic nitrogens is 1. The number of ether oxygens (including phenoxy) is 1. The molecule has 1 aromatic heterocycles. The van der Waals surface area contributed by atoms with Gasteiger partial charge in [-0.3, -0.25) is 4.79 Å². The van der Waals surface area contributed by atoms with Crippen molar-refractivity contribution in [1.82, 2.24) is 15.6 Å². The van der Waals surface area contributed by atoms with E-state index in [1.165, 1.54) is 0 Å². The van der Waals surface area contributed by atoms with E-state index in [0.717, 1.165) is 12.3 Å². The van der Waals surface area contributed by atoms with Crippen LogP contribution in [0.25, 0.3) is 0 Å². The van der Waals surface area contributed by atoms with Crippen LogP contribution in [0.4, 0.5) is 22.0 Å². The first kappa shape index (κ1) is 19.4. The fourth-order valence-electron chi connectivity index (χ4n) is 2.50. The molecular weight excluding hydrogens is 349 g/mol. The lowest BCUT2D eigenvalue weighted by atomic mass is 10.0. The predicted octanol–water partition coefficient (Wildman–Crippen LogP) is 2.37. The number of halogens is 5. The highest BCUT2D eigenvalue weighted by molar-refractivity contribution is 5.83. The number of carbonyl (C=O) groups excluding carboxylic acids is 1. The van der Waals surface area contributed by atoms with E-state index in [1.54, 1.807) is 0 Å². The van der Waals surface area contributed by atoms with E-state index in [1.807, 2.05) is 6.92 Å². The van der Waals surface area contributed by atoms with Gasteiger partial charge in [0.15, 0.2) is 6.61 Å². The first-order chi connectivity index (χ1) is 11.6. The Hall–Kier alpha value is -1.97. The summed E-state index contributed by atoms with van der Waals surface area (Å²) in [6.07, 6.45) is -2.84. The van der Waals surface area contributed by atoms with E-state index in [4.69, 9.17) is 0 Å². The first-order valence-corrected chi connectivity index (χ1v) is 7.67. The van der Waals surface area contributed by atoms with E-state index >= 15 is 0 Å². The molecule has 140 valence electrons. The van der Waals surface area contributed by atoms with E-state index in [2.05, 4.69) is 20.4 Å². The third-order valence-corrected chi connectivity index (χ3v) is 3.76. The van der Waals surface area contributed by atoms with Crippen molar-refractivity contribution in [3.63, 3.8) is 0 Å². The number of carbonyl (C=O) groups is 1. The molecule has 0 radical (unpaired) electrons. The number of nitrogens with zero attached hydrogens (tertiary/aromatic N) is 1. The fourth-order valence-corrected chi connectivity index (χ4v) is 2.50. The Morgan fingerprint density at radius 2 is 2.12 bits per heavy atom. The molecule has 0 bridgehead atoms. The molecule has 5 nitrogen and oxygen atoms in total. The highest BCUT2D eigenvalue weighted by Crippen LogP contribution is 2.35. The molecule has 1 amide bonds. The van der Waals surface area contributed by atoms with Crippen molar-refractivity contribution in [2.75, 3.05) is 13.2 Å². The minimum atomic E-state index is -4.80. The van der Waals surface area contributed by atoms with E-state index < -0.39 is 42.1 Å². The molecule has 0 unspecified atom stereocenters. The minimum Gasteiger partial charge on any atom is -0.470 e. The number of alkyl halides is 5. The summed E-state index contributed by atoms with van der Waals surface area (Å²) < 4.78 is 70.7. The summed E-state index contributed by atoms with van der Waals surface area (Å²) in [6.45, 7) is 0.913. The van der Waals surface area contributed by atoms with Crippen molar-refractivity contribution in [2.24, 2.45) is 0 Å². The third kappa shape index (κ3) is 5.25. The van der Waals surface area contributed by atoms with Gasteiger partial charge >= 0.3 is 12.1 Å². The van der Waals surface area contributed by atoms with Gasteiger partial charge in [0, 0.05) is 18.3 Å². The highest BCUT2D eigenvalue weighted by Gasteiger charge is 2.42. The Balaban J connectivity index is 1.98. The van der Waals surface area contributed by atoms with Crippen LogP contribution < -0.4 is 15.4 Å². The summed E-state index contributed by atoms with van der Waals surface area (Å²) in [4.78, 5) is 15.1. The van der Waals surface area contributed by atoms with Crippen LogP contribution in [0.2, 0.25) is 0 Å². The molecule has 2 atom stereocenters. The molecule has 0 aromatic carbocycles. The number of amides is 1. The minimum absolute atomic E-state index is 0.0757. The maximum absolute atomic E-state index is 13.9. The molecular formula is C15H18F5N3O2. The van der Waals surface area contributed by atoms with Crippen LogP contribution in [-0.2, 0) is 11.0 Å². The molecule has 1 aromatic rings. The van der Waals surface area contributed by atoms with E-state index in [-0.39, 0.29) is 6.04 Å². The topological polar surface area (TPSA) is 63.2 Å². The lowest BCUT2D eigenvalue weighted by Gasteiger charge is -2.29. The largest absolute Gasteiger partial charge is 0.470 e. The molecule has 1 saturated heterocycles. The van der Waals surface area contributed by atoms with Crippen LogP contribution in [0, 0.1) is 0 Å². The number of hydrogen-bond acceptors (Lipinski definition) is 4. The molecule has 2 rings (SSSR count). The van der Waals surface area contributed by atoms with Crippen molar-refractivity contribution in [2.45, 2.75) is 43.9 Å². The third-order valence-electron chi connectivity index (χ3n) is 3.76. The normalized spacial score (nSPS) is 21.7. The zero-order valence-electron chi connectivity index (χ0n) is 13.4. The van der Waals surface area contributed by atoms with Gasteiger partial charge in [-0.1, -0.05) is 0 Å². The van der Waals surface area contributed by atoms with Gasteiger partial charge < -0.3 is 15.4 Å². The van der Waals surface area contributed by atoms with Gasteiger partial charge in [0.1, 0.15) is 5.56 Å². The second-order valence-corrected chi connectivity index (χ2v) is 5.90. The van der Waals surface area contributed by atoms with Crippen molar-refractivity contribution in [1.29, 1.82) is 0 Å². The fraction of sp³-hybridized carbons (Fsp3) is 0.600. The molecule has 2 heterocycles. The summed E-state index contributed by atoms with van der Waals surface area (Å²) in [7, 11) is 0. The lowest BCUT2D eigenvalue weighted by molar-refractivity contribution is -0.152. The number of nitrogens with one attached hydrogen (secondary N) is 2. The van der Waals surface area contributed by atoms with Crippen LogP contribution in [0.1, 0.15) is 25.3 Å². The zero-order valence-corrected chi connectivity index (χ0v) is 13.4. The second-order valence-electron chi connectivity index (χ2n) is 5.90. The summed E-state index contributed by atoms with van der Waals surface area (Å²) in [5.41, 5.74) is -1.28. The highest BCUT2D eigenvalue weighted by atomic mass is 19.4. The van der Waals surface area contributed by atoms with Crippen LogP contribution in [0.15, 0.2) is 18.3 Å². The first-order valence-electron chi connectivity index (χ1n) is 7.67. The van der Waals surface area contributed by atoms with Gasteiger partial charge in [0.2, 0.25) is 5.88 Å². The van der Waals surface area contributed by atoms with Crippen LogP contribution >= 0.6 is 0 Å². The van der Waals surface area contributed by atoms with Crippen molar-refractivity contribution < 1.29 is 31.5 Å². The SMILES string of the molecule is C[C@@H]1C[C@H](NC(=O)C(F)(F)COc2ncccc2C(F)(F)F)CCN1. The molecule has 2 N–H and O–H groups in total. The molecule has 1 aliphatic heterocycles. The lowest BCUT2D eigenvalue weighted by Crippen LogP contribution is -2.52. The molecule has 0 saturated carbocycles. The molecule has 0 spiro atoms. The Kier molecular flexibility index (Phi) is 5.81. The molecule has 10 heteroatoms. The summed E-state index contributed by atoms with van der Waals surface area (Å²) in [5.74, 6) is -6.54. The van der Waals surface area contributed by atoms with Crippen LogP contribution in [-0.4, -0.2) is 42.0 Å². The second kappa shape index (κ2) is 7.51. The van der Waals surface area contributed by atoms with Gasteiger partial charge in [0.05, 0.1) is 0 Å². The quantitative estimate of drug-likeness (QED) is 0.785. The summed E-state index contributed by atoms with van der Waals surface area (Å²) in [5, 5.41) is 5.33. The van der Waals surface area contributed by atoms with Crippen LogP contribution in [0.5, 0.6) is 5.88 Å². The maximum Gasteiger partial charge on any atom is 0.421 e. The van der Waals surface area contributed by atoms with E-state index in [9.17, 15) is 26.7 Å². The Bertz CT molecular complexity index is 609. The molecule has 25 heavy (non-hydrogen) atoms. The monoisotopic (exact) mass is 367 g/mol. The number of piperidine rings is 1. The predicted molar refractivity (Wildman–Crippen MR) is 78.3 cm³/mol. The molecule has 1 aliphatic rings. The summed E-state index contributed by atoms with van der Waals surface area (Å²) in [6, 6.07) is 1.33. The van der Waals surface area contributed by atoms with Crippen molar-refractivity contribution in [3.8, 4) is 5.88 Å². The molecule has 1 fully saturated rings. The average molecular weight is 367 g/mol. The zero-order chi connectivity index (χ0) is 18.7. The Morgan fingerprint density at radius 3 is 2.76 bits per heavy atom. The smallest absolute Gasteiger partial charge is 0.421 e. The van der Waals surface area contributed by atoms with Crippen LogP contribution in [0.3, 0.4) is 0 Å². The Labute approximate surface area is 140 Å². The van der Waals surface area contributed by atoms with Crippen molar-refractivity contribution >= 4 is 5.91 Å². The average Bonchev–Trinajstić information content (AvgIpc) is 2.52. The maximum atomic E-state index is 13.9. The van der Waals surface area contributed by atoms with Gasteiger partial charge in [-0.25, -0.2) is 4.98 Å². The van der Waals surface area contributed by atoms with E-state index in [0.29, 0.717) is 25.5 Å². The van der Waals surface area contributed by atoms with Crippen molar-refractivity contribution in [3.05, 3.63) is 23.9 Å². The Morgan fingerprint density at radius 1 is 1.40 bits per heavy atom. The number of rotatable bonds is 5. The summed E-state index contributed by atoms with van der Waals surface area (Å²) >= 11 is 0. The number of pyridine rings is 1. The van der Waals surface area contributed by atoms with Gasteiger partial charge in [-0.2, -0.15) is 22.0 Å². The van der Waals surface area contributed by atoms with Gasteiger partial charge in [-0.15, -0.1) is 0 Å². The van der Waals surface area contributed by atoms with Gasteiger partial charge in [0.25, 0.3) is 5.91 Å². The van der Waals surface area contributed by atoms with Gasteiger partial charge in [-0.05, 0) is 38.4 Å². The standard InChI is InChI=1S/C15H18F5N3O2/c1-9-7-10(4-6-21-9)23-13(24)14(16,17)8-25-12-11(15(18,19)20)3-2-5-22-12/h2-3,5,9-10,21H,4,6-8H2,1H3,(H,23,24)/t9-,10-/m1/s1. The molecule has 0 aliphatic carbocycles.